The molecule has 0 saturated heterocycles. The third-order valence-corrected chi connectivity index (χ3v) is 4.96. The van der Waals surface area contributed by atoms with Crippen LogP contribution in [0.25, 0.3) is 27.9 Å². The Morgan fingerprint density at radius 2 is 2.07 bits per heavy atom. The average molecular weight is 399 g/mol. The molecule has 8 heteroatoms. The zero-order valence-corrected chi connectivity index (χ0v) is 16.0. The molecule has 0 aliphatic carbocycles. The molecule has 1 aromatic carbocycles. The maximum atomic E-state index is 12.6. The number of aryl methyl sites for hydroxylation is 1. The van der Waals surface area contributed by atoms with Crippen LogP contribution in [0.15, 0.2) is 70.1 Å². The summed E-state index contributed by atoms with van der Waals surface area (Å²) in [5, 5.41) is 6.70. The van der Waals surface area contributed by atoms with Gasteiger partial charge >= 0.3 is 0 Å². The fraction of sp³-hybridized carbons (Fsp3) is 0.0909. The fourth-order valence-corrected chi connectivity index (χ4v) is 3.44. The molecule has 0 bridgehead atoms. The van der Waals surface area contributed by atoms with E-state index in [1.54, 1.807) is 18.5 Å². The Balaban J connectivity index is 1.40. The number of benzene rings is 1. The van der Waals surface area contributed by atoms with Gasteiger partial charge in [-0.3, -0.25) is 19.7 Å². The molecule has 0 unspecified atom stereocenters. The van der Waals surface area contributed by atoms with Crippen molar-refractivity contribution in [1.29, 1.82) is 0 Å². The number of carbonyl (C=O) groups excluding carboxylic acids is 1. The maximum Gasteiger partial charge on any atom is 0.287 e. The van der Waals surface area contributed by atoms with E-state index in [2.05, 4.69) is 20.4 Å². The quantitative estimate of drug-likeness (QED) is 0.483. The molecule has 4 aromatic heterocycles. The number of rotatable bonds is 4. The molecule has 8 nitrogen and oxygen atoms in total. The summed E-state index contributed by atoms with van der Waals surface area (Å²) < 4.78 is 7.04. The summed E-state index contributed by atoms with van der Waals surface area (Å²) in [5.41, 5.74) is 3.67. The number of para-hydroxylation sites is 1. The average Bonchev–Trinajstić information content (AvgIpc) is 3.35. The number of pyridine rings is 1. The number of hydrogen-bond donors (Lipinski definition) is 2. The van der Waals surface area contributed by atoms with Gasteiger partial charge < -0.3 is 9.73 Å². The van der Waals surface area contributed by atoms with Crippen LogP contribution in [-0.4, -0.2) is 25.5 Å². The molecule has 0 aliphatic heterocycles. The number of H-pyrrole nitrogens is 1. The molecule has 5 rings (SSSR count). The Labute approximate surface area is 170 Å². The summed E-state index contributed by atoms with van der Waals surface area (Å²) in [6, 6.07) is 14.4. The largest absolute Gasteiger partial charge is 0.451 e. The summed E-state index contributed by atoms with van der Waals surface area (Å²) >= 11 is 0. The molecule has 1 amide bonds. The first-order valence-electron chi connectivity index (χ1n) is 9.38. The van der Waals surface area contributed by atoms with Crippen LogP contribution < -0.4 is 10.9 Å². The van der Waals surface area contributed by atoms with Crippen molar-refractivity contribution in [2.75, 3.05) is 0 Å². The lowest BCUT2D eigenvalue weighted by Crippen LogP contribution is -2.25. The number of aromatic nitrogens is 4. The van der Waals surface area contributed by atoms with Crippen molar-refractivity contribution < 1.29 is 9.21 Å². The van der Waals surface area contributed by atoms with Crippen molar-refractivity contribution in [1.82, 2.24) is 24.9 Å². The predicted octanol–water partition coefficient (Wildman–Crippen LogP) is 3.07. The van der Waals surface area contributed by atoms with Crippen LogP contribution >= 0.6 is 0 Å². The van der Waals surface area contributed by atoms with Crippen LogP contribution in [-0.2, 0) is 6.54 Å². The number of amides is 1. The van der Waals surface area contributed by atoms with Gasteiger partial charge in [0.1, 0.15) is 5.58 Å². The molecule has 0 atom stereocenters. The van der Waals surface area contributed by atoms with Crippen LogP contribution in [0.4, 0.5) is 0 Å². The van der Waals surface area contributed by atoms with Gasteiger partial charge in [-0.2, -0.15) is 0 Å². The monoisotopic (exact) mass is 399 g/mol. The lowest BCUT2D eigenvalue weighted by Gasteiger charge is -2.04. The van der Waals surface area contributed by atoms with E-state index in [4.69, 9.17) is 4.42 Å². The van der Waals surface area contributed by atoms with E-state index < -0.39 is 0 Å². The molecular formula is C22H17N5O3. The molecule has 148 valence electrons. The Bertz CT molecular complexity index is 1450. The smallest absolute Gasteiger partial charge is 0.287 e. The number of fused-ring (bicyclic) bond motifs is 2. The van der Waals surface area contributed by atoms with E-state index in [0.717, 1.165) is 22.2 Å². The second-order valence-corrected chi connectivity index (χ2v) is 6.93. The molecule has 30 heavy (non-hydrogen) atoms. The fourth-order valence-electron chi connectivity index (χ4n) is 3.44. The summed E-state index contributed by atoms with van der Waals surface area (Å²) in [7, 11) is 0. The van der Waals surface area contributed by atoms with Crippen LogP contribution in [0.3, 0.4) is 0 Å². The zero-order chi connectivity index (χ0) is 20.7. The Hall–Kier alpha value is -4.20. The van der Waals surface area contributed by atoms with Gasteiger partial charge in [-0.05, 0) is 25.1 Å². The Kier molecular flexibility index (Phi) is 4.17. The summed E-state index contributed by atoms with van der Waals surface area (Å²) in [6.07, 6.45) is 3.38. The van der Waals surface area contributed by atoms with Crippen molar-refractivity contribution in [2.24, 2.45) is 0 Å². The molecule has 0 radical (unpaired) electrons. The van der Waals surface area contributed by atoms with Crippen molar-refractivity contribution in [3.8, 4) is 11.3 Å². The number of carbonyl (C=O) groups is 1. The number of furan rings is 1. The SMILES string of the molecule is Cc1c(C(=O)NCc2cc(=O)n3[nH]c(-c4cccnc4)cc3n2)oc2ccccc12. The molecule has 2 N–H and O–H groups in total. The zero-order valence-electron chi connectivity index (χ0n) is 16.0. The van der Waals surface area contributed by atoms with Crippen molar-refractivity contribution >= 4 is 22.5 Å². The highest BCUT2D eigenvalue weighted by molar-refractivity contribution is 5.98. The number of aromatic amines is 1. The van der Waals surface area contributed by atoms with E-state index in [9.17, 15) is 9.59 Å². The number of hydrogen-bond acceptors (Lipinski definition) is 5. The molecule has 5 aromatic rings. The molecule has 0 aliphatic rings. The van der Waals surface area contributed by atoms with Crippen molar-refractivity contribution in [3.05, 3.63) is 88.3 Å². The van der Waals surface area contributed by atoms with E-state index in [-0.39, 0.29) is 23.8 Å². The molecular weight excluding hydrogens is 382 g/mol. The van der Waals surface area contributed by atoms with Gasteiger partial charge in [0.05, 0.1) is 17.9 Å². The highest BCUT2D eigenvalue weighted by Gasteiger charge is 2.17. The summed E-state index contributed by atoms with van der Waals surface area (Å²) in [6.45, 7) is 1.95. The second kappa shape index (κ2) is 7.00. The van der Waals surface area contributed by atoms with Gasteiger partial charge in [0.2, 0.25) is 0 Å². The van der Waals surface area contributed by atoms with Gasteiger partial charge in [-0.15, -0.1) is 0 Å². The number of nitrogens with one attached hydrogen (secondary N) is 2. The van der Waals surface area contributed by atoms with Crippen LogP contribution in [0, 0.1) is 6.92 Å². The minimum Gasteiger partial charge on any atom is -0.451 e. The van der Waals surface area contributed by atoms with Crippen LogP contribution in [0.2, 0.25) is 0 Å². The van der Waals surface area contributed by atoms with Crippen LogP contribution in [0.1, 0.15) is 21.8 Å². The first-order valence-corrected chi connectivity index (χ1v) is 9.38. The highest BCUT2D eigenvalue weighted by Crippen LogP contribution is 2.24. The topological polar surface area (TPSA) is 105 Å². The third kappa shape index (κ3) is 3.04. The maximum absolute atomic E-state index is 12.6. The second-order valence-electron chi connectivity index (χ2n) is 6.93. The first kappa shape index (κ1) is 17.9. The molecule has 0 fully saturated rings. The third-order valence-electron chi connectivity index (χ3n) is 4.96. The first-order chi connectivity index (χ1) is 14.6. The predicted molar refractivity (Wildman–Crippen MR) is 111 cm³/mol. The summed E-state index contributed by atoms with van der Waals surface area (Å²) in [4.78, 5) is 33.7. The lowest BCUT2D eigenvalue weighted by atomic mass is 10.1. The van der Waals surface area contributed by atoms with Gasteiger partial charge in [-0.1, -0.05) is 18.2 Å². The van der Waals surface area contributed by atoms with Gasteiger partial charge in [0, 0.05) is 41.0 Å². The Morgan fingerprint density at radius 3 is 2.87 bits per heavy atom. The number of nitrogens with zero attached hydrogens (tertiary/aromatic N) is 3. The van der Waals surface area contributed by atoms with E-state index in [1.165, 1.54) is 10.6 Å². The van der Waals surface area contributed by atoms with Crippen molar-refractivity contribution in [2.45, 2.75) is 13.5 Å². The minimum absolute atomic E-state index is 0.106. The van der Waals surface area contributed by atoms with Gasteiger partial charge in [-0.25, -0.2) is 9.50 Å². The molecule has 0 spiro atoms. The van der Waals surface area contributed by atoms with Gasteiger partial charge in [0.25, 0.3) is 11.5 Å². The van der Waals surface area contributed by atoms with Crippen molar-refractivity contribution in [3.63, 3.8) is 0 Å². The van der Waals surface area contributed by atoms with E-state index >= 15 is 0 Å². The normalized spacial score (nSPS) is 11.2. The van der Waals surface area contributed by atoms with E-state index in [1.807, 2.05) is 43.3 Å². The molecule has 0 saturated carbocycles. The van der Waals surface area contributed by atoms with Gasteiger partial charge in [0.15, 0.2) is 11.4 Å². The van der Waals surface area contributed by atoms with E-state index in [0.29, 0.717) is 16.9 Å². The molecule has 4 heterocycles. The lowest BCUT2D eigenvalue weighted by molar-refractivity contribution is 0.0924. The summed E-state index contributed by atoms with van der Waals surface area (Å²) in [5.74, 6) is -0.0923. The van der Waals surface area contributed by atoms with Crippen LogP contribution in [0.5, 0.6) is 0 Å². The highest BCUT2D eigenvalue weighted by atomic mass is 16.3. The standard InChI is InChI=1S/C22H17N5O3/c1-13-16-6-2-3-7-18(16)30-21(13)22(29)24-12-15-9-20(28)27-19(25-15)10-17(26-27)14-5-4-8-23-11-14/h2-11,26H,12H2,1H3,(H,24,29). The minimum atomic E-state index is -0.351. The Morgan fingerprint density at radius 1 is 1.20 bits per heavy atom.